The van der Waals surface area contributed by atoms with Crippen LogP contribution >= 0.6 is 0 Å². The van der Waals surface area contributed by atoms with E-state index in [-0.39, 0.29) is 11.5 Å². The van der Waals surface area contributed by atoms with Crippen molar-refractivity contribution in [3.8, 4) is 0 Å². The molecular weight excluding hydrogens is 324 g/mol. The summed E-state index contributed by atoms with van der Waals surface area (Å²) in [7, 11) is 1.65. The maximum Gasteiger partial charge on any atom is 0.259 e. The van der Waals surface area contributed by atoms with Crippen molar-refractivity contribution in [1.82, 2.24) is 15.3 Å². The van der Waals surface area contributed by atoms with Crippen molar-refractivity contribution in [2.45, 2.75) is 40.0 Å². The molecule has 0 radical (unpaired) electrons. The topological polar surface area (TPSA) is 70.1 Å². The lowest BCUT2D eigenvalue weighted by Crippen LogP contribution is -2.30. The third-order valence-corrected chi connectivity index (χ3v) is 4.50. The Bertz CT molecular complexity index is 728. The Morgan fingerprint density at radius 3 is 2.73 bits per heavy atom. The third kappa shape index (κ3) is 6.56. The lowest BCUT2D eigenvalue weighted by molar-refractivity contribution is 0.408. The summed E-state index contributed by atoms with van der Waals surface area (Å²) in [5.41, 5.74) is 2.35. The SMILES string of the molecule is C=C/C=C\C=C(/C)CNC[C@@H](c1nc(C)c(C=NC)c(=O)[nH]1)C(C)CC. The van der Waals surface area contributed by atoms with Crippen LogP contribution in [0.25, 0.3) is 0 Å². The first-order valence-electron chi connectivity index (χ1n) is 9.13. The Kier molecular flexibility index (Phi) is 9.52. The predicted molar refractivity (Wildman–Crippen MR) is 111 cm³/mol. The Balaban J connectivity index is 2.95. The summed E-state index contributed by atoms with van der Waals surface area (Å²) in [4.78, 5) is 23.9. The van der Waals surface area contributed by atoms with E-state index in [4.69, 9.17) is 0 Å². The van der Waals surface area contributed by atoms with E-state index in [1.54, 1.807) is 19.3 Å². The Morgan fingerprint density at radius 2 is 2.15 bits per heavy atom. The average molecular weight is 357 g/mol. The summed E-state index contributed by atoms with van der Waals surface area (Å²) in [6, 6.07) is 0. The molecule has 1 heterocycles. The molecule has 0 bridgehead atoms. The van der Waals surface area contributed by atoms with E-state index in [2.05, 4.69) is 53.7 Å². The van der Waals surface area contributed by atoms with Crippen LogP contribution in [0.1, 0.15) is 50.2 Å². The van der Waals surface area contributed by atoms with E-state index in [0.717, 1.165) is 25.3 Å². The van der Waals surface area contributed by atoms with Gasteiger partial charge >= 0.3 is 0 Å². The molecule has 1 rings (SSSR count). The molecule has 142 valence electrons. The van der Waals surface area contributed by atoms with E-state index in [0.29, 0.717) is 17.2 Å². The van der Waals surface area contributed by atoms with Crippen molar-refractivity contribution in [2.75, 3.05) is 20.1 Å². The highest BCUT2D eigenvalue weighted by Crippen LogP contribution is 2.23. The molecule has 0 amide bonds. The molecule has 26 heavy (non-hydrogen) atoms. The van der Waals surface area contributed by atoms with E-state index < -0.39 is 0 Å². The van der Waals surface area contributed by atoms with Gasteiger partial charge in [0.15, 0.2) is 0 Å². The number of hydrogen-bond acceptors (Lipinski definition) is 4. The van der Waals surface area contributed by atoms with Gasteiger partial charge in [0.25, 0.3) is 5.56 Å². The number of aromatic nitrogens is 2. The van der Waals surface area contributed by atoms with Crippen LogP contribution in [0.5, 0.6) is 0 Å². The Hall–Kier alpha value is -2.27. The second kappa shape index (κ2) is 11.4. The minimum Gasteiger partial charge on any atom is -0.312 e. The smallest absolute Gasteiger partial charge is 0.259 e. The molecule has 5 heteroatoms. The fraction of sp³-hybridized carbons (Fsp3) is 0.476. The molecular formula is C21H32N4O. The molecule has 1 aromatic heterocycles. The summed E-state index contributed by atoms with van der Waals surface area (Å²) in [5.74, 6) is 1.30. The second-order valence-electron chi connectivity index (χ2n) is 6.59. The monoisotopic (exact) mass is 356 g/mol. The van der Waals surface area contributed by atoms with Crippen LogP contribution in [0.4, 0.5) is 0 Å². The van der Waals surface area contributed by atoms with Crippen LogP contribution in [-0.4, -0.2) is 36.3 Å². The molecule has 0 aliphatic heterocycles. The van der Waals surface area contributed by atoms with Crippen molar-refractivity contribution in [1.29, 1.82) is 0 Å². The van der Waals surface area contributed by atoms with Crippen LogP contribution in [0.15, 0.2) is 46.2 Å². The molecule has 0 fully saturated rings. The molecule has 2 atom stereocenters. The highest BCUT2D eigenvalue weighted by atomic mass is 16.1. The quantitative estimate of drug-likeness (QED) is 0.498. The van der Waals surface area contributed by atoms with E-state index >= 15 is 0 Å². The van der Waals surface area contributed by atoms with E-state index in [1.165, 1.54) is 5.57 Å². The van der Waals surface area contributed by atoms with Crippen LogP contribution in [0.2, 0.25) is 0 Å². The zero-order chi connectivity index (χ0) is 19.5. The van der Waals surface area contributed by atoms with Gasteiger partial charge in [0.2, 0.25) is 0 Å². The molecule has 2 N–H and O–H groups in total. The first-order chi connectivity index (χ1) is 12.4. The number of nitrogens with zero attached hydrogens (tertiary/aromatic N) is 2. The van der Waals surface area contributed by atoms with Crippen LogP contribution in [-0.2, 0) is 0 Å². The number of aromatic amines is 1. The van der Waals surface area contributed by atoms with E-state index in [1.807, 2.05) is 19.1 Å². The Morgan fingerprint density at radius 1 is 1.42 bits per heavy atom. The van der Waals surface area contributed by atoms with Crippen molar-refractivity contribution in [3.05, 3.63) is 63.9 Å². The standard InChI is InChI=1S/C21H32N4O/c1-7-9-10-11-15(3)12-23-14-18(16(4)8-2)20-24-17(5)19(13-22-6)21(26)25-20/h7,9-11,13,16,18,23H,1,8,12,14H2,2-6H3,(H,24,25,26)/b10-9-,15-11+,22-13?/t16?,18-/m1/s1. The van der Waals surface area contributed by atoms with Crippen LogP contribution in [0, 0.1) is 12.8 Å². The summed E-state index contributed by atoms with van der Waals surface area (Å²) in [6.45, 7) is 13.5. The molecule has 0 aliphatic carbocycles. The predicted octanol–water partition coefficient (Wildman–Crippen LogP) is 3.53. The number of allylic oxidation sites excluding steroid dienone is 4. The first-order valence-corrected chi connectivity index (χ1v) is 9.13. The van der Waals surface area contributed by atoms with Crippen molar-refractivity contribution >= 4 is 6.21 Å². The molecule has 0 aromatic carbocycles. The fourth-order valence-electron chi connectivity index (χ4n) is 2.71. The van der Waals surface area contributed by atoms with Gasteiger partial charge in [0.05, 0.1) is 11.3 Å². The average Bonchev–Trinajstić information content (AvgIpc) is 2.61. The fourth-order valence-corrected chi connectivity index (χ4v) is 2.71. The zero-order valence-corrected chi connectivity index (χ0v) is 16.7. The first kappa shape index (κ1) is 21.8. The van der Waals surface area contributed by atoms with Gasteiger partial charge in [-0.15, -0.1) is 0 Å². The molecule has 5 nitrogen and oxygen atoms in total. The maximum atomic E-state index is 12.4. The van der Waals surface area contributed by atoms with Crippen molar-refractivity contribution < 1.29 is 0 Å². The normalized spacial score (nSPS) is 14.9. The lowest BCUT2D eigenvalue weighted by atomic mass is 9.90. The van der Waals surface area contributed by atoms with Crippen LogP contribution in [0.3, 0.4) is 0 Å². The van der Waals surface area contributed by atoms with E-state index in [9.17, 15) is 4.79 Å². The third-order valence-electron chi connectivity index (χ3n) is 4.50. The summed E-state index contributed by atoms with van der Waals surface area (Å²) < 4.78 is 0. The lowest BCUT2D eigenvalue weighted by Gasteiger charge is -2.23. The van der Waals surface area contributed by atoms with Gasteiger partial charge < -0.3 is 10.3 Å². The second-order valence-corrected chi connectivity index (χ2v) is 6.59. The van der Waals surface area contributed by atoms with Crippen LogP contribution < -0.4 is 10.9 Å². The highest BCUT2D eigenvalue weighted by Gasteiger charge is 2.21. The van der Waals surface area contributed by atoms with Gasteiger partial charge in [0.1, 0.15) is 5.82 Å². The number of aryl methyl sites for hydroxylation is 1. The van der Waals surface area contributed by atoms with Crippen molar-refractivity contribution in [3.63, 3.8) is 0 Å². The summed E-state index contributed by atoms with van der Waals surface area (Å²) in [6.07, 6.45) is 10.3. The Labute approximate surface area is 157 Å². The number of nitrogens with one attached hydrogen (secondary N) is 2. The molecule has 0 saturated heterocycles. The van der Waals surface area contributed by atoms with Gasteiger partial charge in [-0.3, -0.25) is 9.79 Å². The highest BCUT2D eigenvalue weighted by molar-refractivity contribution is 5.80. The number of H-pyrrole nitrogens is 1. The molecule has 0 saturated carbocycles. The largest absolute Gasteiger partial charge is 0.312 e. The zero-order valence-electron chi connectivity index (χ0n) is 16.7. The summed E-state index contributed by atoms with van der Waals surface area (Å²) >= 11 is 0. The van der Waals surface area contributed by atoms with Gasteiger partial charge in [0, 0.05) is 32.3 Å². The van der Waals surface area contributed by atoms with Crippen molar-refractivity contribution in [2.24, 2.45) is 10.9 Å². The minimum absolute atomic E-state index is 0.128. The van der Waals surface area contributed by atoms with Gasteiger partial charge in [-0.1, -0.05) is 56.7 Å². The number of aliphatic imine (C=N–C) groups is 1. The van der Waals surface area contributed by atoms with Gasteiger partial charge in [-0.2, -0.15) is 0 Å². The van der Waals surface area contributed by atoms with Gasteiger partial charge in [-0.25, -0.2) is 4.98 Å². The number of rotatable bonds is 10. The molecule has 1 unspecified atom stereocenters. The molecule has 0 aliphatic rings. The summed E-state index contributed by atoms with van der Waals surface area (Å²) in [5, 5.41) is 3.49. The minimum atomic E-state index is -0.128. The molecule has 1 aromatic rings. The number of hydrogen-bond donors (Lipinski definition) is 2. The molecule has 0 spiro atoms. The maximum absolute atomic E-state index is 12.4. The van der Waals surface area contributed by atoms with Gasteiger partial charge in [-0.05, 0) is 19.8 Å².